The van der Waals surface area contributed by atoms with Gasteiger partial charge in [-0.1, -0.05) is 0 Å². The normalized spacial score (nSPS) is 11.1. The first-order valence-electron chi connectivity index (χ1n) is 5.28. The molecule has 1 aromatic rings. The minimum atomic E-state index is -0.426. The SMILES string of the molecule is CN(C)C(N)=NC(=O)NCCc1ccncc1. The molecule has 0 atom stereocenters. The largest absolute Gasteiger partial charge is 0.369 e. The van der Waals surface area contributed by atoms with Gasteiger partial charge in [-0.3, -0.25) is 4.98 Å². The summed E-state index contributed by atoms with van der Waals surface area (Å²) in [5.74, 6) is 0.186. The van der Waals surface area contributed by atoms with Crippen molar-refractivity contribution in [2.75, 3.05) is 20.6 Å². The van der Waals surface area contributed by atoms with Crippen LogP contribution in [0.2, 0.25) is 0 Å². The number of pyridine rings is 1. The fourth-order valence-corrected chi connectivity index (χ4v) is 1.11. The Labute approximate surface area is 101 Å². The number of nitrogens with zero attached hydrogens (tertiary/aromatic N) is 3. The van der Waals surface area contributed by atoms with Gasteiger partial charge < -0.3 is 16.0 Å². The number of hydrogen-bond donors (Lipinski definition) is 2. The van der Waals surface area contributed by atoms with Gasteiger partial charge in [0.15, 0.2) is 5.96 Å². The minimum absolute atomic E-state index is 0.186. The zero-order chi connectivity index (χ0) is 12.7. The lowest BCUT2D eigenvalue weighted by atomic mass is 10.2. The summed E-state index contributed by atoms with van der Waals surface area (Å²) in [7, 11) is 3.45. The molecule has 0 aliphatic rings. The molecule has 6 nitrogen and oxygen atoms in total. The number of carbonyl (C=O) groups excluding carboxylic acids is 1. The summed E-state index contributed by atoms with van der Waals surface area (Å²) in [6.45, 7) is 0.521. The Kier molecular flexibility index (Phi) is 4.93. The molecular weight excluding hydrogens is 218 g/mol. The number of urea groups is 1. The number of carbonyl (C=O) groups is 1. The van der Waals surface area contributed by atoms with Crippen LogP contribution in [0, 0.1) is 0 Å². The lowest BCUT2D eigenvalue weighted by Gasteiger charge is -2.09. The summed E-state index contributed by atoms with van der Waals surface area (Å²) in [6, 6.07) is 3.39. The van der Waals surface area contributed by atoms with Crippen molar-refractivity contribution in [3.8, 4) is 0 Å². The fourth-order valence-electron chi connectivity index (χ4n) is 1.11. The van der Waals surface area contributed by atoms with Crippen LogP contribution in [0.4, 0.5) is 4.79 Å². The number of hydrogen-bond acceptors (Lipinski definition) is 2. The van der Waals surface area contributed by atoms with Crippen LogP contribution < -0.4 is 11.1 Å². The number of amides is 2. The highest BCUT2D eigenvalue weighted by Crippen LogP contribution is 1.95. The molecule has 0 fully saturated rings. The number of aromatic nitrogens is 1. The second-order valence-corrected chi connectivity index (χ2v) is 3.70. The average Bonchev–Trinajstić information content (AvgIpc) is 2.30. The van der Waals surface area contributed by atoms with Crippen molar-refractivity contribution in [2.45, 2.75) is 6.42 Å². The van der Waals surface area contributed by atoms with Gasteiger partial charge in [-0.2, -0.15) is 4.99 Å². The summed E-state index contributed by atoms with van der Waals surface area (Å²) < 4.78 is 0. The first kappa shape index (κ1) is 13.0. The third kappa shape index (κ3) is 4.96. The monoisotopic (exact) mass is 235 g/mol. The van der Waals surface area contributed by atoms with Crippen molar-refractivity contribution in [1.29, 1.82) is 0 Å². The van der Waals surface area contributed by atoms with Crippen LogP contribution in [0.5, 0.6) is 0 Å². The van der Waals surface area contributed by atoms with E-state index < -0.39 is 6.03 Å². The summed E-state index contributed by atoms with van der Waals surface area (Å²) in [6.07, 6.45) is 4.18. The van der Waals surface area contributed by atoms with E-state index in [2.05, 4.69) is 15.3 Å². The van der Waals surface area contributed by atoms with Crippen molar-refractivity contribution < 1.29 is 4.79 Å². The molecule has 1 rings (SSSR count). The van der Waals surface area contributed by atoms with E-state index in [1.54, 1.807) is 31.4 Å². The standard InChI is InChI=1S/C11H17N5O/c1-16(2)10(12)15-11(17)14-8-5-9-3-6-13-7-4-9/h3-4,6-7H,5,8H2,1-2H3,(H3,12,14,15,17). The predicted octanol–water partition coefficient (Wildman–Crippen LogP) is 0.210. The molecule has 0 saturated heterocycles. The third-order valence-corrected chi connectivity index (χ3v) is 2.11. The number of guanidine groups is 1. The van der Waals surface area contributed by atoms with Crippen LogP contribution in [0.3, 0.4) is 0 Å². The van der Waals surface area contributed by atoms with Gasteiger partial charge in [0.2, 0.25) is 0 Å². The van der Waals surface area contributed by atoms with E-state index in [0.717, 1.165) is 12.0 Å². The molecule has 0 bridgehead atoms. The molecule has 0 aliphatic heterocycles. The molecule has 17 heavy (non-hydrogen) atoms. The van der Waals surface area contributed by atoms with Crippen molar-refractivity contribution in [1.82, 2.24) is 15.2 Å². The molecule has 1 aromatic heterocycles. The summed E-state index contributed by atoms with van der Waals surface area (Å²) >= 11 is 0. The molecule has 0 radical (unpaired) electrons. The van der Waals surface area contributed by atoms with E-state index in [4.69, 9.17) is 5.73 Å². The van der Waals surface area contributed by atoms with E-state index in [-0.39, 0.29) is 5.96 Å². The van der Waals surface area contributed by atoms with E-state index in [1.807, 2.05) is 12.1 Å². The minimum Gasteiger partial charge on any atom is -0.369 e. The first-order valence-corrected chi connectivity index (χ1v) is 5.28. The lowest BCUT2D eigenvalue weighted by Crippen LogP contribution is -2.33. The van der Waals surface area contributed by atoms with Crippen molar-refractivity contribution >= 4 is 12.0 Å². The highest BCUT2D eigenvalue weighted by molar-refractivity contribution is 5.91. The molecule has 0 aliphatic carbocycles. The first-order chi connectivity index (χ1) is 8.09. The van der Waals surface area contributed by atoms with Gasteiger partial charge in [-0.05, 0) is 24.1 Å². The van der Waals surface area contributed by atoms with E-state index in [9.17, 15) is 4.79 Å². The number of rotatable bonds is 3. The average molecular weight is 235 g/mol. The molecule has 3 N–H and O–H groups in total. The van der Waals surface area contributed by atoms with Crippen molar-refractivity contribution in [3.05, 3.63) is 30.1 Å². The Morgan fingerprint density at radius 1 is 1.47 bits per heavy atom. The quantitative estimate of drug-likeness (QED) is 0.579. The number of nitrogens with two attached hydrogens (primary N) is 1. The zero-order valence-corrected chi connectivity index (χ0v) is 10.1. The van der Waals surface area contributed by atoms with Gasteiger partial charge in [0, 0.05) is 33.0 Å². The Bertz CT molecular complexity index is 388. The molecular formula is C11H17N5O. The summed E-state index contributed by atoms with van der Waals surface area (Å²) in [5.41, 5.74) is 6.62. The molecule has 1 heterocycles. The highest BCUT2D eigenvalue weighted by Gasteiger charge is 2.01. The fraction of sp³-hybridized carbons (Fsp3) is 0.364. The number of aliphatic imine (C=N–C) groups is 1. The summed E-state index contributed by atoms with van der Waals surface area (Å²) in [4.78, 5) is 20.5. The molecule has 0 saturated carbocycles. The smallest absolute Gasteiger partial charge is 0.344 e. The van der Waals surface area contributed by atoms with Gasteiger partial charge >= 0.3 is 6.03 Å². The maximum atomic E-state index is 11.3. The van der Waals surface area contributed by atoms with Gasteiger partial charge in [0.25, 0.3) is 0 Å². The molecule has 0 unspecified atom stereocenters. The maximum Gasteiger partial charge on any atom is 0.344 e. The molecule has 0 aromatic carbocycles. The molecule has 6 heteroatoms. The number of nitrogens with one attached hydrogen (secondary N) is 1. The second-order valence-electron chi connectivity index (χ2n) is 3.70. The Morgan fingerprint density at radius 2 is 2.12 bits per heavy atom. The van der Waals surface area contributed by atoms with Gasteiger partial charge in [0.05, 0.1) is 0 Å². The third-order valence-electron chi connectivity index (χ3n) is 2.11. The highest BCUT2D eigenvalue weighted by atomic mass is 16.2. The zero-order valence-electron chi connectivity index (χ0n) is 10.1. The van der Waals surface area contributed by atoms with E-state index >= 15 is 0 Å². The van der Waals surface area contributed by atoms with Gasteiger partial charge in [0.1, 0.15) is 0 Å². The molecule has 92 valence electrons. The Hall–Kier alpha value is -2.11. The van der Waals surface area contributed by atoms with Crippen LogP contribution in [0.1, 0.15) is 5.56 Å². The van der Waals surface area contributed by atoms with Crippen LogP contribution in [-0.4, -0.2) is 42.5 Å². The van der Waals surface area contributed by atoms with E-state index in [1.165, 1.54) is 0 Å². The predicted molar refractivity (Wildman–Crippen MR) is 66.6 cm³/mol. The lowest BCUT2D eigenvalue weighted by molar-refractivity contribution is 0.249. The van der Waals surface area contributed by atoms with Crippen molar-refractivity contribution in [3.63, 3.8) is 0 Å². The van der Waals surface area contributed by atoms with Gasteiger partial charge in [-0.15, -0.1) is 0 Å². The van der Waals surface area contributed by atoms with Gasteiger partial charge in [-0.25, -0.2) is 4.79 Å². The van der Waals surface area contributed by atoms with Crippen LogP contribution in [-0.2, 0) is 6.42 Å². The van der Waals surface area contributed by atoms with Crippen LogP contribution in [0.25, 0.3) is 0 Å². The Morgan fingerprint density at radius 3 is 2.71 bits per heavy atom. The van der Waals surface area contributed by atoms with E-state index in [0.29, 0.717) is 6.54 Å². The maximum absolute atomic E-state index is 11.3. The van der Waals surface area contributed by atoms with Crippen LogP contribution in [0.15, 0.2) is 29.5 Å². The topological polar surface area (TPSA) is 83.6 Å². The second kappa shape index (κ2) is 6.47. The molecule has 0 spiro atoms. The summed E-state index contributed by atoms with van der Waals surface area (Å²) in [5, 5.41) is 2.66. The van der Waals surface area contributed by atoms with Crippen LogP contribution >= 0.6 is 0 Å². The Balaban J connectivity index is 2.32. The molecule has 2 amide bonds. The van der Waals surface area contributed by atoms with Crippen molar-refractivity contribution in [2.24, 2.45) is 10.7 Å².